The average Bonchev–Trinajstić information content (AvgIpc) is 2.72. The Morgan fingerprint density at radius 1 is 1.44 bits per heavy atom. The molecule has 80 valence electrons. The number of benzene rings is 1. The van der Waals surface area contributed by atoms with Gasteiger partial charge in [-0.15, -0.1) is 0 Å². The third kappa shape index (κ3) is 1.37. The number of nitrogens with zero attached hydrogens (tertiary/aromatic N) is 2. The van der Waals surface area contributed by atoms with Crippen LogP contribution in [-0.2, 0) is 11.2 Å². The molecule has 1 aliphatic carbocycles. The van der Waals surface area contributed by atoms with E-state index in [-0.39, 0.29) is 11.8 Å². The highest BCUT2D eigenvalue weighted by Crippen LogP contribution is 2.35. The van der Waals surface area contributed by atoms with E-state index < -0.39 is 0 Å². The molecule has 0 fully saturated rings. The van der Waals surface area contributed by atoms with E-state index in [1.54, 1.807) is 0 Å². The number of anilines is 1. The van der Waals surface area contributed by atoms with E-state index >= 15 is 0 Å². The van der Waals surface area contributed by atoms with Crippen molar-refractivity contribution in [3.63, 3.8) is 0 Å². The van der Waals surface area contributed by atoms with E-state index in [1.165, 1.54) is 11.9 Å². The Morgan fingerprint density at radius 2 is 2.31 bits per heavy atom. The second-order valence-electron chi connectivity index (χ2n) is 3.78. The lowest BCUT2D eigenvalue weighted by Crippen LogP contribution is -2.30. The standard InChI is InChI=1S/C11H10N4O/c16-10(14-11-12-6-13-15-11)9-5-7-3-1-2-4-8(7)9/h1-4,6,9H,5H2,(H2,12,13,14,15,16). The Labute approximate surface area is 91.9 Å². The molecule has 2 aromatic rings. The number of aromatic nitrogens is 3. The van der Waals surface area contributed by atoms with Crippen LogP contribution in [0.2, 0.25) is 0 Å². The van der Waals surface area contributed by atoms with Crippen LogP contribution in [0.3, 0.4) is 0 Å². The monoisotopic (exact) mass is 214 g/mol. The van der Waals surface area contributed by atoms with Crippen molar-refractivity contribution < 1.29 is 4.79 Å². The van der Waals surface area contributed by atoms with Crippen LogP contribution in [0.15, 0.2) is 30.6 Å². The minimum absolute atomic E-state index is 0.0320. The van der Waals surface area contributed by atoms with E-state index in [0.717, 1.165) is 12.0 Å². The summed E-state index contributed by atoms with van der Waals surface area (Å²) in [7, 11) is 0. The van der Waals surface area contributed by atoms with Crippen molar-refractivity contribution in [2.45, 2.75) is 12.3 Å². The molecule has 1 amide bonds. The molecule has 16 heavy (non-hydrogen) atoms. The van der Waals surface area contributed by atoms with Gasteiger partial charge in [0.2, 0.25) is 11.9 Å². The van der Waals surface area contributed by atoms with Crippen LogP contribution < -0.4 is 5.32 Å². The lowest BCUT2D eigenvalue weighted by Gasteiger charge is -2.28. The summed E-state index contributed by atoms with van der Waals surface area (Å²) in [5.41, 5.74) is 2.36. The van der Waals surface area contributed by atoms with E-state index in [0.29, 0.717) is 5.95 Å². The van der Waals surface area contributed by atoms with Crippen LogP contribution >= 0.6 is 0 Å². The van der Waals surface area contributed by atoms with Crippen LogP contribution in [0.1, 0.15) is 17.0 Å². The minimum Gasteiger partial charge on any atom is -0.294 e. The van der Waals surface area contributed by atoms with Gasteiger partial charge in [0, 0.05) is 0 Å². The second kappa shape index (κ2) is 3.44. The molecule has 0 bridgehead atoms. The van der Waals surface area contributed by atoms with Gasteiger partial charge in [-0.05, 0) is 17.5 Å². The fourth-order valence-corrected chi connectivity index (χ4v) is 1.96. The SMILES string of the molecule is O=C(Nc1ncn[nH]1)C1Cc2ccccc21. The summed E-state index contributed by atoms with van der Waals surface area (Å²) >= 11 is 0. The summed E-state index contributed by atoms with van der Waals surface area (Å²) < 4.78 is 0. The predicted molar refractivity (Wildman–Crippen MR) is 57.9 cm³/mol. The first-order chi connectivity index (χ1) is 7.84. The molecule has 0 saturated carbocycles. The van der Waals surface area contributed by atoms with Gasteiger partial charge >= 0.3 is 0 Å². The Kier molecular flexibility index (Phi) is 1.96. The molecular formula is C11H10N4O. The predicted octanol–water partition coefficient (Wildman–Crippen LogP) is 1.08. The van der Waals surface area contributed by atoms with Gasteiger partial charge < -0.3 is 0 Å². The number of fused-ring (bicyclic) bond motifs is 1. The summed E-state index contributed by atoms with van der Waals surface area (Å²) in [6, 6.07) is 7.98. The van der Waals surface area contributed by atoms with Gasteiger partial charge in [-0.25, -0.2) is 5.10 Å². The average molecular weight is 214 g/mol. The lowest BCUT2D eigenvalue weighted by molar-refractivity contribution is -0.118. The molecule has 5 nitrogen and oxygen atoms in total. The van der Waals surface area contributed by atoms with Gasteiger partial charge in [0.25, 0.3) is 0 Å². The maximum atomic E-state index is 11.9. The summed E-state index contributed by atoms with van der Waals surface area (Å²) in [5, 5.41) is 8.97. The minimum atomic E-state index is -0.0544. The maximum absolute atomic E-state index is 11.9. The summed E-state index contributed by atoms with van der Waals surface area (Å²) in [4.78, 5) is 15.7. The number of nitrogens with one attached hydrogen (secondary N) is 2. The Balaban J connectivity index is 1.75. The summed E-state index contributed by atoms with van der Waals surface area (Å²) in [6.07, 6.45) is 2.17. The first-order valence-electron chi connectivity index (χ1n) is 5.08. The van der Waals surface area contributed by atoms with Gasteiger partial charge in [0.1, 0.15) is 6.33 Å². The van der Waals surface area contributed by atoms with Crippen LogP contribution in [0.5, 0.6) is 0 Å². The molecule has 0 aliphatic heterocycles. The third-order valence-electron chi connectivity index (χ3n) is 2.83. The Morgan fingerprint density at radius 3 is 3.06 bits per heavy atom. The van der Waals surface area contributed by atoms with Crippen LogP contribution in [0.4, 0.5) is 5.95 Å². The molecule has 1 atom stereocenters. The van der Waals surface area contributed by atoms with Gasteiger partial charge in [-0.2, -0.15) is 10.1 Å². The fourth-order valence-electron chi connectivity index (χ4n) is 1.96. The first kappa shape index (κ1) is 9.08. The second-order valence-corrected chi connectivity index (χ2v) is 3.78. The Hall–Kier alpha value is -2.17. The quantitative estimate of drug-likeness (QED) is 0.785. The molecule has 0 saturated heterocycles. The van der Waals surface area contributed by atoms with Crippen molar-refractivity contribution in [1.82, 2.24) is 15.2 Å². The Bertz CT molecular complexity index is 521. The van der Waals surface area contributed by atoms with Gasteiger partial charge in [-0.1, -0.05) is 24.3 Å². The molecule has 1 unspecified atom stereocenters. The molecule has 1 aromatic carbocycles. The molecule has 1 aliphatic rings. The van der Waals surface area contributed by atoms with Crippen LogP contribution in [0, 0.1) is 0 Å². The molecule has 0 radical (unpaired) electrons. The van der Waals surface area contributed by atoms with Crippen molar-refractivity contribution in [1.29, 1.82) is 0 Å². The number of rotatable bonds is 2. The van der Waals surface area contributed by atoms with E-state index in [4.69, 9.17) is 0 Å². The molecule has 2 N–H and O–H groups in total. The zero-order valence-electron chi connectivity index (χ0n) is 8.47. The topological polar surface area (TPSA) is 70.7 Å². The molecule has 5 heteroatoms. The largest absolute Gasteiger partial charge is 0.294 e. The van der Waals surface area contributed by atoms with E-state index in [1.807, 2.05) is 24.3 Å². The van der Waals surface area contributed by atoms with Crippen molar-refractivity contribution in [3.8, 4) is 0 Å². The summed E-state index contributed by atoms with van der Waals surface area (Å²) in [5.74, 6) is 0.311. The van der Waals surface area contributed by atoms with E-state index in [2.05, 4.69) is 20.5 Å². The van der Waals surface area contributed by atoms with Crippen LogP contribution in [-0.4, -0.2) is 21.1 Å². The highest BCUT2D eigenvalue weighted by Gasteiger charge is 2.31. The number of carbonyl (C=O) groups excluding carboxylic acids is 1. The highest BCUT2D eigenvalue weighted by atomic mass is 16.2. The van der Waals surface area contributed by atoms with Crippen molar-refractivity contribution in [3.05, 3.63) is 41.7 Å². The molecule has 3 rings (SSSR count). The maximum Gasteiger partial charge on any atom is 0.234 e. The fraction of sp³-hybridized carbons (Fsp3) is 0.182. The van der Waals surface area contributed by atoms with Gasteiger partial charge in [-0.3, -0.25) is 10.1 Å². The normalized spacial score (nSPS) is 17.4. The smallest absolute Gasteiger partial charge is 0.234 e. The van der Waals surface area contributed by atoms with Crippen molar-refractivity contribution >= 4 is 11.9 Å². The number of aromatic amines is 1. The van der Waals surface area contributed by atoms with Crippen molar-refractivity contribution in [2.24, 2.45) is 0 Å². The zero-order valence-corrected chi connectivity index (χ0v) is 8.47. The molecule has 0 spiro atoms. The lowest BCUT2D eigenvalue weighted by atomic mass is 9.77. The molecule has 1 heterocycles. The van der Waals surface area contributed by atoms with E-state index in [9.17, 15) is 4.79 Å². The zero-order chi connectivity index (χ0) is 11.0. The number of carbonyl (C=O) groups is 1. The van der Waals surface area contributed by atoms with Crippen molar-refractivity contribution in [2.75, 3.05) is 5.32 Å². The third-order valence-corrected chi connectivity index (χ3v) is 2.83. The number of hydrogen-bond donors (Lipinski definition) is 2. The molecular weight excluding hydrogens is 204 g/mol. The van der Waals surface area contributed by atoms with Gasteiger partial charge in [0.05, 0.1) is 5.92 Å². The number of hydrogen-bond acceptors (Lipinski definition) is 3. The number of amides is 1. The highest BCUT2D eigenvalue weighted by molar-refractivity contribution is 5.96. The summed E-state index contributed by atoms with van der Waals surface area (Å²) in [6.45, 7) is 0. The van der Waals surface area contributed by atoms with Crippen LogP contribution in [0.25, 0.3) is 0 Å². The van der Waals surface area contributed by atoms with Gasteiger partial charge in [0.15, 0.2) is 0 Å². The first-order valence-corrected chi connectivity index (χ1v) is 5.08. The number of H-pyrrole nitrogens is 1. The molecule has 1 aromatic heterocycles.